The van der Waals surface area contributed by atoms with Gasteiger partial charge >= 0.3 is 0 Å². The minimum atomic E-state index is -0.259. The van der Waals surface area contributed by atoms with E-state index >= 15 is 14.4 Å². The van der Waals surface area contributed by atoms with Crippen molar-refractivity contribution in [1.82, 2.24) is 9.47 Å². The number of hydrogen-bond donors (Lipinski definition) is 0. The zero-order valence-electron chi connectivity index (χ0n) is 51.7. The number of fused-ring (bicyclic) bond motifs is 6. The third-order valence-electron chi connectivity index (χ3n) is 18.8. The molecule has 0 radical (unpaired) electrons. The number of carbonyl (C=O) groups excluding carboxylic acids is 2. The van der Waals surface area contributed by atoms with Gasteiger partial charge in [0.15, 0.2) is 0 Å². The van der Waals surface area contributed by atoms with Crippen LogP contribution in [0.1, 0.15) is 259 Å². The van der Waals surface area contributed by atoms with Crippen LogP contribution in [0.5, 0.6) is 0 Å². The number of hydrogen-bond acceptors (Lipinski definition) is 9. The highest BCUT2D eigenvalue weighted by atomic mass is 32.1. The van der Waals surface area contributed by atoms with Gasteiger partial charge in [0.1, 0.15) is 0 Å². The van der Waals surface area contributed by atoms with Crippen LogP contribution in [0.25, 0.3) is 59.9 Å². The maximum Gasteiger partial charge on any atom is 0.263 e. The summed E-state index contributed by atoms with van der Waals surface area (Å²) < 4.78 is 5.94. The van der Waals surface area contributed by atoms with Crippen molar-refractivity contribution in [2.75, 3.05) is 0 Å². The number of amides is 2. The van der Waals surface area contributed by atoms with E-state index in [1.807, 2.05) is 41.7 Å². The van der Waals surface area contributed by atoms with Gasteiger partial charge in [0.2, 0.25) is 0 Å². The predicted molar refractivity (Wildman–Crippen MR) is 359 cm³/mol. The van der Waals surface area contributed by atoms with Gasteiger partial charge in [-0.25, -0.2) is 0 Å². The van der Waals surface area contributed by atoms with Gasteiger partial charge in [0, 0.05) is 41.5 Å². The Morgan fingerprint density at radius 2 is 0.802 bits per heavy atom. The SMILES string of the molecule is CCCCC(CC)CCc1c2cc(-c3sc(-c4cc5c(=O)n(CC(CC)CCCC)c(=O)c6cc(C)sc6c5s4)c4c3C(=O)N(C(CC(CC)CCC)CC(CC)CCCC)C4=O)sc2c(CCC(CC)CCCC)c2cc(C)sc12. The Morgan fingerprint density at radius 3 is 1.30 bits per heavy atom. The van der Waals surface area contributed by atoms with Crippen LogP contribution in [0.2, 0.25) is 0 Å². The van der Waals surface area contributed by atoms with Crippen LogP contribution >= 0.6 is 56.7 Å². The first-order valence-corrected chi connectivity index (χ1v) is 36.4. The van der Waals surface area contributed by atoms with E-state index in [1.165, 1.54) is 103 Å². The first-order chi connectivity index (χ1) is 39.2. The van der Waals surface area contributed by atoms with Gasteiger partial charge in [0.25, 0.3) is 22.9 Å². The van der Waals surface area contributed by atoms with Gasteiger partial charge in [-0.1, -0.05) is 185 Å². The standard InChI is InChI=1S/C70H98N2O4S5/c1-13-23-28-45(18-6)32-34-51-53-36-43(11)77-61(53)52(35-33-46(19-7)29-24-14-2)54-40-57(79-62(51)54)65-59-60(70(76)72(69(59)75)50(38-47(20-8)27-17-5)39-48(21-9)30-25-15-3)66(81-65)58-41-56-64(80-58)63-55(37-44(12)78-63)67(73)71(68(56)74)42-49(22-10)31-26-16-4/h36-37,40-41,45-50H,13-35,38-39,42H2,1-12H3. The summed E-state index contributed by atoms with van der Waals surface area (Å²) in [5, 5.41) is 3.86. The van der Waals surface area contributed by atoms with E-state index in [0.29, 0.717) is 52.1 Å². The summed E-state index contributed by atoms with van der Waals surface area (Å²) >= 11 is 8.51. The van der Waals surface area contributed by atoms with Crippen LogP contribution in [-0.2, 0) is 19.4 Å². The number of imide groups is 1. The monoisotopic (exact) mass is 1190 g/mol. The average Bonchev–Trinajstić information content (AvgIpc) is 3.20. The highest BCUT2D eigenvalue weighted by Gasteiger charge is 2.46. The Balaban J connectivity index is 1.40. The van der Waals surface area contributed by atoms with Crippen LogP contribution < -0.4 is 11.1 Å². The molecule has 442 valence electrons. The second-order valence-corrected chi connectivity index (χ2v) is 30.1. The molecule has 0 bridgehead atoms. The molecule has 81 heavy (non-hydrogen) atoms. The number of benzene rings is 1. The molecule has 7 heterocycles. The molecular weight excluding hydrogens is 1090 g/mol. The van der Waals surface area contributed by atoms with Crippen molar-refractivity contribution in [3.8, 4) is 19.5 Å². The van der Waals surface area contributed by atoms with Crippen LogP contribution in [0, 0.1) is 43.4 Å². The van der Waals surface area contributed by atoms with E-state index in [2.05, 4.69) is 88.3 Å². The molecule has 6 nitrogen and oxygen atoms in total. The van der Waals surface area contributed by atoms with Crippen LogP contribution in [0.4, 0.5) is 0 Å². The molecule has 0 N–H and O–H groups in total. The van der Waals surface area contributed by atoms with E-state index in [1.54, 1.807) is 27.6 Å². The van der Waals surface area contributed by atoms with Crippen LogP contribution in [0.15, 0.2) is 33.9 Å². The quantitative estimate of drug-likeness (QED) is 0.0377. The molecule has 1 aliphatic rings. The van der Waals surface area contributed by atoms with E-state index < -0.39 is 0 Å². The summed E-state index contributed by atoms with van der Waals surface area (Å²) in [6.45, 7) is 27.5. The molecular formula is C70H98N2O4S5. The number of thiophene rings is 5. The third-order valence-corrected chi connectivity index (χ3v) is 25.0. The maximum atomic E-state index is 16.1. The number of unbranched alkanes of at least 4 members (excludes halogenated alkanes) is 4. The molecule has 6 aromatic heterocycles. The normalized spacial score (nSPS) is 15.3. The Morgan fingerprint density at radius 1 is 0.407 bits per heavy atom. The largest absolute Gasteiger partial charge is 0.274 e. The Kier molecular flexibility index (Phi) is 23.2. The Bertz CT molecular complexity index is 3300. The summed E-state index contributed by atoms with van der Waals surface area (Å²) in [6, 6.07) is 8.65. The summed E-state index contributed by atoms with van der Waals surface area (Å²) in [4.78, 5) is 69.6. The topological polar surface area (TPSA) is 76.5 Å². The summed E-state index contributed by atoms with van der Waals surface area (Å²) in [5.74, 6) is 2.04. The lowest BCUT2D eigenvalue weighted by atomic mass is 9.85. The van der Waals surface area contributed by atoms with Gasteiger partial charge in [0.05, 0.1) is 41.1 Å². The van der Waals surface area contributed by atoms with Crippen molar-refractivity contribution in [3.05, 3.63) is 77.0 Å². The maximum absolute atomic E-state index is 16.1. The van der Waals surface area contributed by atoms with Crippen molar-refractivity contribution in [3.63, 3.8) is 0 Å². The fourth-order valence-electron chi connectivity index (χ4n) is 13.6. The number of rotatable bonds is 34. The summed E-state index contributed by atoms with van der Waals surface area (Å²) in [7, 11) is 0. The highest BCUT2D eigenvalue weighted by molar-refractivity contribution is 7.32. The molecule has 11 heteroatoms. The fourth-order valence-corrected chi connectivity index (χ4v) is 19.9. The van der Waals surface area contributed by atoms with Crippen LogP contribution in [0.3, 0.4) is 0 Å². The predicted octanol–water partition coefficient (Wildman–Crippen LogP) is 22.4. The Hall–Kier alpha value is -3.48. The van der Waals surface area contributed by atoms with Crippen molar-refractivity contribution in [2.45, 2.75) is 256 Å². The van der Waals surface area contributed by atoms with Crippen LogP contribution in [-0.4, -0.2) is 27.3 Å². The molecule has 0 saturated heterocycles. The zero-order chi connectivity index (χ0) is 58.1. The number of aryl methyl sites for hydroxylation is 4. The molecule has 2 amide bonds. The van der Waals surface area contributed by atoms with Crippen molar-refractivity contribution in [1.29, 1.82) is 0 Å². The number of nitrogens with zero attached hydrogens (tertiary/aromatic N) is 2. The second kappa shape index (κ2) is 29.6. The first-order valence-electron chi connectivity index (χ1n) is 32.4. The number of carbonyl (C=O) groups is 2. The zero-order valence-corrected chi connectivity index (χ0v) is 55.8. The van der Waals surface area contributed by atoms with Gasteiger partial charge in [-0.2, -0.15) is 0 Å². The van der Waals surface area contributed by atoms with Gasteiger partial charge < -0.3 is 0 Å². The molecule has 7 aromatic rings. The molecule has 0 aliphatic carbocycles. The van der Waals surface area contributed by atoms with Gasteiger partial charge in [-0.15, -0.1) is 56.7 Å². The number of aromatic nitrogens is 1. The fraction of sp³-hybridized carbons (Fsp3) is 0.629. The van der Waals surface area contributed by atoms with E-state index in [-0.39, 0.29) is 34.9 Å². The molecule has 0 spiro atoms. The van der Waals surface area contributed by atoms with Crippen molar-refractivity contribution in [2.24, 2.45) is 29.6 Å². The molecule has 8 rings (SSSR count). The lowest BCUT2D eigenvalue weighted by molar-refractivity contribution is 0.0529. The molecule has 0 fully saturated rings. The van der Waals surface area contributed by atoms with Gasteiger partial charge in [-0.05, 0) is 135 Å². The lowest BCUT2D eigenvalue weighted by Crippen LogP contribution is -2.42. The smallest absolute Gasteiger partial charge is 0.263 e. The summed E-state index contributed by atoms with van der Waals surface area (Å²) in [6.07, 6.45) is 27.3. The molecule has 1 aliphatic heterocycles. The average molecular weight is 1190 g/mol. The van der Waals surface area contributed by atoms with Crippen molar-refractivity contribution >= 4 is 109 Å². The second-order valence-electron chi connectivity index (χ2n) is 24.5. The van der Waals surface area contributed by atoms with Crippen molar-refractivity contribution < 1.29 is 9.59 Å². The molecule has 6 atom stereocenters. The molecule has 1 aromatic carbocycles. The van der Waals surface area contributed by atoms with E-state index in [4.69, 9.17) is 0 Å². The van der Waals surface area contributed by atoms with E-state index in [9.17, 15) is 4.79 Å². The Labute approximate surface area is 506 Å². The minimum absolute atomic E-state index is 0.146. The highest BCUT2D eigenvalue weighted by Crippen LogP contribution is 2.54. The molecule has 0 saturated carbocycles. The van der Waals surface area contributed by atoms with E-state index in [0.717, 1.165) is 143 Å². The molecule has 6 unspecified atom stereocenters. The lowest BCUT2D eigenvalue weighted by Gasteiger charge is -2.32. The third kappa shape index (κ3) is 13.8. The minimum Gasteiger partial charge on any atom is -0.274 e. The summed E-state index contributed by atoms with van der Waals surface area (Å²) in [5.41, 5.74) is 3.50. The van der Waals surface area contributed by atoms with Gasteiger partial charge in [-0.3, -0.25) is 28.6 Å². The first kappa shape index (κ1) is 63.5.